The minimum Gasteiger partial charge on any atom is -0.496 e. The Labute approximate surface area is 155 Å². The maximum absolute atomic E-state index is 13.5. The number of fused-ring (bicyclic) bond motifs is 1. The van der Waals surface area contributed by atoms with Crippen molar-refractivity contribution in [1.82, 2.24) is 9.55 Å². The summed E-state index contributed by atoms with van der Waals surface area (Å²) in [6, 6.07) is 19.0. The van der Waals surface area contributed by atoms with E-state index in [1.54, 1.807) is 18.5 Å². The van der Waals surface area contributed by atoms with Crippen molar-refractivity contribution in [2.45, 2.75) is 0 Å². The van der Waals surface area contributed by atoms with Crippen molar-refractivity contribution >= 4 is 22.6 Å². The molecule has 0 aliphatic rings. The highest BCUT2D eigenvalue weighted by Gasteiger charge is 2.14. The van der Waals surface area contributed by atoms with E-state index in [4.69, 9.17) is 4.74 Å². The Morgan fingerprint density at radius 3 is 2.63 bits per heavy atom. The Balaban J connectivity index is 1.58. The molecule has 4 aromatic rings. The average molecular weight is 361 g/mol. The van der Waals surface area contributed by atoms with Crippen molar-refractivity contribution in [3.8, 4) is 11.4 Å². The van der Waals surface area contributed by atoms with Crippen LogP contribution >= 0.6 is 0 Å². The summed E-state index contributed by atoms with van der Waals surface area (Å²) in [4.78, 5) is 16.8. The quantitative estimate of drug-likeness (QED) is 0.585. The largest absolute Gasteiger partial charge is 0.496 e. The van der Waals surface area contributed by atoms with Gasteiger partial charge in [0.15, 0.2) is 0 Å². The van der Waals surface area contributed by atoms with Crippen molar-refractivity contribution < 1.29 is 13.9 Å². The van der Waals surface area contributed by atoms with E-state index in [9.17, 15) is 9.18 Å². The predicted molar refractivity (Wildman–Crippen MR) is 102 cm³/mol. The zero-order valence-electron chi connectivity index (χ0n) is 14.5. The molecule has 0 spiro atoms. The van der Waals surface area contributed by atoms with Gasteiger partial charge >= 0.3 is 0 Å². The Morgan fingerprint density at radius 1 is 1.07 bits per heavy atom. The first kappa shape index (κ1) is 16.8. The van der Waals surface area contributed by atoms with Crippen LogP contribution in [-0.4, -0.2) is 22.6 Å². The average Bonchev–Trinajstić information content (AvgIpc) is 3.12. The summed E-state index contributed by atoms with van der Waals surface area (Å²) in [6.07, 6.45) is 1.76. The summed E-state index contributed by atoms with van der Waals surface area (Å²) in [7, 11) is 1.44. The topological polar surface area (TPSA) is 56.1 Å². The molecule has 1 aromatic heterocycles. The number of amides is 1. The van der Waals surface area contributed by atoms with E-state index in [2.05, 4.69) is 10.3 Å². The van der Waals surface area contributed by atoms with Crippen molar-refractivity contribution in [1.29, 1.82) is 0 Å². The second-order valence-corrected chi connectivity index (χ2v) is 5.95. The third kappa shape index (κ3) is 3.25. The number of methoxy groups -OCH3 is 1. The lowest BCUT2D eigenvalue weighted by Gasteiger charge is -2.10. The molecule has 1 N–H and O–H groups in total. The molecule has 3 aromatic carbocycles. The van der Waals surface area contributed by atoms with Crippen LogP contribution in [0, 0.1) is 5.82 Å². The molecule has 0 saturated carbocycles. The molecule has 27 heavy (non-hydrogen) atoms. The van der Waals surface area contributed by atoms with E-state index in [0.29, 0.717) is 11.4 Å². The number of rotatable bonds is 4. The van der Waals surface area contributed by atoms with Crippen LogP contribution in [-0.2, 0) is 0 Å². The highest BCUT2D eigenvalue weighted by atomic mass is 19.1. The molecule has 0 aliphatic carbocycles. The molecule has 0 bridgehead atoms. The minimum atomic E-state index is -0.497. The summed E-state index contributed by atoms with van der Waals surface area (Å²) in [5, 5.41) is 2.76. The van der Waals surface area contributed by atoms with Gasteiger partial charge in [-0.05, 0) is 54.6 Å². The molecule has 0 unspecified atom stereocenters. The molecule has 5 nitrogen and oxygen atoms in total. The SMILES string of the molecule is COc1ccc(F)cc1C(=O)Nc1ccc(-n2cnc3ccccc32)cc1. The Bertz CT molecular complexity index is 1120. The van der Waals surface area contributed by atoms with Gasteiger partial charge in [0.2, 0.25) is 0 Å². The van der Waals surface area contributed by atoms with Crippen molar-refractivity contribution in [3.63, 3.8) is 0 Å². The fourth-order valence-electron chi connectivity index (χ4n) is 2.93. The lowest BCUT2D eigenvalue weighted by molar-refractivity contribution is 0.102. The number of imidazole rings is 1. The zero-order chi connectivity index (χ0) is 18.8. The van der Waals surface area contributed by atoms with Crippen molar-refractivity contribution in [2.75, 3.05) is 12.4 Å². The van der Waals surface area contributed by atoms with E-state index in [1.165, 1.54) is 19.2 Å². The van der Waals surface area contributed by atoms with E-state index >= 15 is 0 Å². The van der Waals surface area contributed by atoms with E-state index < -0.39 is 11.7 Å². The normalized spacial score (nSPS) is 10.7. The van der Waals surface area contributed by atoms with Gasteiger partial charge in [0, 0.05) is 11.4 Å². The number of carbonyl (C=O) groups is 1. The molecule has 1 heterocycles. The van der Waals surface area contributed by atoms with Crippen molar-refractivity contribution in [2.24, 2.45) is 0 Å². The van der Waals surface area contributed by atoms with Gasteiger partial charge in [-0.2, -0.15) is 0 Å². The van der Waals surface area contributed by atoms with Gasteiger partial charge in [-0.1, -0.05) is 12.1 Å². The number of para-hydroxylation sites is 2. The standard InChI is InChI=1S/C21H16FN3O2/c1-27-20-11-6-14(22)12-17(20)21(26)24-15-7-9-16(10-8-15)25-13-23-18-4-2-3-5-19(18)25/h2-13H,1H3,(H,24,26). The van der Waals surface area contributed by atoms with E-state index in [0.717, 1.165) is 22.8 Å². The first-order valence-electron chi connectivity index (χ1n) is 8.33. The van der Waals surface area contributed by atoms with Gasteiger partial charge in [0.25, 0.3) is 5.91 Å². The number of halogens is 1. The number of carbonyl (C=O) groups excluding carboxylic acids is 1. The Kier molecular flexibility index (Phi) is 4.30. The number of benzene rings is 3. The van der Waals surface area contributed by atoms with E-state index in [1.807, 2.05) is 41.0 Å². The fourth-order valence-corrected chi connectivity index (χ4v) is 2.93. The van der Waals surface area contributed by atoms with Gasteiger partial charge in [-0.3, -0.25) is 9.36 Å². The number of ether oxygens (including phenoxy) is 1. The summed E-state index contributed by atoms with van der Waals surface area (Å²) in [6.45, 7) is 0. The summed E-state index contributed by atoms with van der Waals surface area (Å²) >= 11 is 0. The van der Waals surface area contributed by atoms with Gasteiger partial charge < -0.3 is 10.1 Å². The molecular formula is C21H16FN3O2. The van der Waals surface area contributed by atoms with Gasteiger partial charge in [-0.25, -0.2) is 9.37 Å². The van der Waals surface area contributed by atoms with Crippen LogP contribution in [0.1, 0.15) is 10.4 Å². The predicted octanol–water partition coefficient (Wildman–Crippen LogP) is 4.43. The molecular weight excluding hydrogens is 345 g/mol. The summed E-state index contributed by atoms with van der Waals surface area (Å²) < 4.78 is 20.6. The van der Waals surface area contributed by atoms with Crippen LogP contribution in [0.3, 0.4) is 0 Å². The molecule has 0 radical (unpaired) electrons. The van der Waals surface area contributed by atoms with Crippen LogP contribution < -0.4 is 10.1 Å². The third-order valence-corrected chi connectivity index (χ3v) is 4.26. The molecule has 6 heteroatoms. The highest BCUT2D eigenvalue weighted by molar-refractivity contribution is 6.06. The smallest absolute Gasteiger partial charge is 0.259 e. The molecule has 0 fully saturated rings. The zero-order valence-corrected chi connectivity index (χ0v) is 14.5. The molecule has 0 saturated heterocycles. The number of anilines is 1. The van der Waals surface area contributed by atoms with Crippen LogP contribution in [0.25, 0.3) is 16.7 Å². The van der Waals surface area contributed by atoms with Crippen molar-refractivity contribution in [3.05, 3.63) is 84.4 Å². The monoisotopic (exact) mass is 361 g/mol. The number of nitrogens with one attached hydrogen (secondary N) is 1. The maximum atomic E-state index is 13.5. The van der Waals surface area contributed by atoms with Crippen LogP contribution in [0.5, 0.6) is 5.75 Å². The number of hydrogen-bond acceptors (Lipinski definition) is 3. The first-order valence-corrected chi connectivity index (χ1v) is 8.33. The molecule has 4 rings (SSSR count). The van der Waals surface area contributed by atoms with E-state index in [-0.39, 0.29) is 5.56 Å². The summed E-state index contributed by atoms with van der Waals surface area (Å²) in [5.74, 6) is -0.620. The molecule has 0 atom stereocenters. The molecule has 134 valence electrons. The van der Waals surface area contributed by atoms with Gasteiger partial charge in [0.05, 0.1) is 23.7 Å². The summed E-state index contributed by atoms with van der Waals surface area (Å²) in [5.41, 5.74) is 3.57. The third-order valence-electron chi connectivity index (χ3n) is 4.26. The van der Waals surface area contributed by atoms with Gasteiger partial charge in [-0.15, -0.1) is 0 Å². The number of aromatic nitrogens is 2. The van der Waals surface area contributed by atoms with Crippen LogP contribution in [0.15, 0.2) is 73.1 Å². The Hall–Kier alpha value is -3.67. The van der Waals surface area contributed by atoms with Gasteiger partial charge in [0.1, 0.15) is 17.9 Å². The molecule has 1 amide bonds. The minimum absolute atomic E-state index is 0.141. The number of nitrogens with zero attached hydrogens (tertiary/aromatic N) is 2. The maximum Gasteiger partial charge on any atom is 0.259 e. The molecule has 0 aliphatic heterocycles. The number of hydrogen-bond donors (Lipinski definition) is 1. The first-order chi connectivity index (χ1) is 13.2. The van der Waals surface area contributed by atoms with Crippen LogP contribution in [0.4, 0.5) is 10.1 Å². The Morgan fingerprint density at radius 2 is 1.85 bits per heavy atom. The lowest BCUT2D eigenvalue weighted by atomic mass is 10.1. The van der Waals surface area contributed by atoms with Crippen LogP contribution in [0.2, 0.25) is 0 Å². The second-order valence-electron chi connectivity index (χ2n) is 5.95. The fraction of sp³-hybridized carbons (Fsp3) is 0.0476. The lowest BCUT2D eigenvalue weighted by Crippen LogP contribution is -2.13. The highest BCUT2D eigenvalue weighted by Crippen LogP contribution is 2.22. The second kappa shape index (κ2) is 6.92.